The highest BCUT2D eigenvalue weighted by Gasteiger charge is 2.34. The monoisotopic (exact) mass is 278 g/mol. The van der Waals surface area contributed by atoms with Crippen LogP contribution in [0.4, 0.5) is 19.0 Å². The number of hydrogen-bond acceptors (Lipinski definition) is 3. The van der Waals surface area contributed by atoms with Gasteiger partial charge in [-0.05, 0) is 29.8 Å². The largest absolute Gasteiger partial charge is 0.418 e. The zero-order valence-corrected chi connectivity index (χ0v) is 10.1. The van der Waals surface area contributed by atoms with Crippen molar-refractivity contribution in [3.8, 4) is 11.1 Å². The molecule has 2 aromatic heterocycles. The number of H-pyrrole nitrogens is 1. The number of nitrogen functional groups attached to an aromatic ring is 1. The molecule has 0 fully saturated rings. The van der Waals surface area contributed by atoms with Gasteiger partial charge in [-0.15, -0.1) is 0 Å². The first-order chi connectivity index (χ1) is 9.45. The van der Waals surface area contributed by atoms with Crippen molar-refractivity contribution in [1.29, 1.82) is 0 Å². The predicted octanol–water partition coefficient (Wildman–Crippen LogP) is 3.23. The third-order valence-corrected chi connectivity index (χ3v) is 2.97. The summed E-state index contributed by atoms with van der Waals surface area (Å²) in [5.41, 5.74) is 5.68. The summed E-state index contributed by atoms with van der Waals surface area (Å²) in [7, 11) is 0. The lowest BCUT2D eigenvalue weighted by Gasteiger charge is -2.10. The van der Waals surface area contributed by atoms with Crippen molar-refractivity contribution in [1.82, 2.24) is 15.2 Å². The Hall–Kier alpha value is -2.57. The highest BCUT2D eigenvalue weighted by Crippen LogP contribution is 2.37. The Kier molecular flexibility index (Phi) is 2.63. The molecule has 2 heterocycles. The van der Waals surface area contributed by atoms with Gasteiger partial charge in [0.25, 0.3) is 0 Å². The van der Waals surface area contributed by atoms with Gasteiger partial charge >= 0.3 is 6.18 Å². The van der Waals surface area contributed by atoms with Gasteiger partial charge in [0, 0.05) is 17.1 Å². The van der Waals surface area contributed by atoms with Crippen molar-refractivity contribution in [3.05, 3.63) is 42.2 Å². The van der Waals surface area contributed by atoms with E-state index in [1.54, 1.807) is 18.2 Å². The number of halogens is 3. The Morgan fingerprint density at radius 2 is 1.85 bits per heavy atom. The number of nitrogens with zero attached hydrogens (tertiary/aromatic N) is 2. The summed E-state index contributed by atoms with van der Waals surface area (Å²) in [5, 5.41) is 6.44. The van der Waals surface area contributed by atoms with Gasteiger partial charge in [0.2, 0.25) is 0 Å². The number of pyridine rings is 1. The third-order valence-electron chi connectivity index (χ3n) is 2.97. The molecule has 0 spiro atoms. The van der Waals surface area contributed by atoms with Crippen LogP contribution in [0.5, 0.6) is 0 Å². The van der Waals surface area contributed by atoms with Crippen LogP contribution in [0, 0.1) is 0 Å². The van der Waals surface area contributed by atoms with E-state index in [1.807, 2.05) is 0 Å². The number of anilines is 1. The number of alkyl halides is 3. The minimum absolute atomic E-state index is 0.0235. The highest BCUT2D eigenvalue weighted by atomic mass is 19.4. The van der Waals surface area contributed by atoms with Gasteiger partial charge < -0.3 is 5.73 Å². The molecule has 3 aromatic rings. The molecule has 4 nitrogen and oxygen atoms in total. The maximum atomic E-state index is 13.1. The summed E-state index contributed by atoms with van der Waals surface area (Å²) < 4.78 is 39.2. The summed E-state index contributed by atoms with van der Waals surface area (Å²) in [6.07, 6.45) is -1.66. The molecule has 3 rings (SSSR count). The first kappa shape index (κ1) is 12.5. The number of hydrogen-bond donors (Lipinski definition) is 2. The molecule has 0 unspecified atom stereocenters. The van der Waals surface area contributed by atoms with Gasteiger partial charge in [0.05, 0.1) is 17.3 Å². The molecule has 7 heteroatoms. The molecule has 0 radical (unpaired) electrons. The minimum Gasteiger partial charge on any atom is -0.384 e. The second-order valence-electron chi connectivity index (χ2n) is 4.33. The van der Waals surface area contributed by atoms with E-state index in [0.29, 0.717) is 22.3 Å². The van der Waals surface area contributed by atoms with Crippen LogP contribution in [-0.2, 0) is 6.18 Å². The molecule has 102 valence electrons. The molecule has 0 amide bonds. The lowest BCUT2D eigenvalue weighted by atomic mass is 10.0. The van der Waals surface area contributed by atoms with E-state index in [1.165, 1.54) is 12.4 Å². The summed E-state index contributed by atoms with van der Waals surface area (Å²) in [6, 6.07) is 5.88. The topological polar surface area (TPSA) is 67.6 Å². The Balaban J connectivity index is 2.24. The molecular weight excluding hydrogens is 269 g/mol. The maximum Gasteiger partial charge on any atom is 0.418 e. The Bertz CT molecular complexity index is 759. The van der Waals surface area contributed by atoms with Gasteiger partial charge in [-0.3, -0.25) is 5.10 Å². The predicted molar refractivity (Wildman–Crippen MR) is 68.7 cm³/mol. The standard InChI is InChI=1S/C13H9F3N4/c14-13(15,16)10-4-8(3-9-6-19-20-12(9)10)7-1-2-11(17)18-5-7/h1-6H,(H2,17,18)(H,19,20). The molecular formula is C13H9F3N4. The third kappa shape index (κ3) is 2.07. The smallest absolute Gasteiger partial charge is 0.384 e. The van der Waals surface area contributed by atoms with Crippen LogP contribution < -0.4 is 5.73 Å². The van der Waals surface area contributed by atoms with E-state index in [-0.39, 0.29) is 5.52 Å². The van der Waals surface area contributed by atoms with E-state index in [4.69, 9.17) is 5.73 Å². The number of nitrogens with one attached hydrogen (secondary N) is 1. The molecule has 0 bridgehead atoms. The average molecular weight is 278 g/mol. The Morgan fingerprint density at radius 3 is 2.50 bits per heavy atom. The van der Waals surface area contributed by atoms with E-state index < -0.39 is 11.7 Å². The molecule has 0 saturated heterocycles. The highest BCUT2D eigenvalue weighted by molar-refractivity contribution is 5.87. The van der Waals surface area contributed by atoms with Crippen LogP contribution in [0.1, 0.15) is 5.56 Å². The van der Waals surface area contributed by atoms with Gasteiger partial charge in [0.15, 0.2) is 0 Å². The summed E-state index contributed by atoms with van der Waals surface area (Å²) in [4.78, 5) is 3.89. The zero-order chi connectivity index (χ0) is 14.3. The maximum absolute atomic E-state index is 13.1. The number of rotatable bonds is 1. The fourth-order valence-electron chi connectivity index (χ4n) is 2.02. The first-order valence-electron chi connectivity index (χ1n) is 5.71. The zero-order valence-electron chi connectivity index (χ0n) is 10.1. The number of fused-ring (bicyclic) bond motifs is 1. The van der Waals surface area contributed by atoms with Crippen molar-refractivity contribution in [3.63, 3.8) is 0 Å². The quantitative estimate of drug-likeness (QED) is 0.718. The number of aromatic nitrogens is 3. The van der Waals surface area contributed by atoms with Crippen LogP contribution >= 0.6 is 0 Å². The first-order valence-corrected chi connectivity index (χ1v) is 5.71. The second kappa shape index (κ2) is 4.22. The lowest BCUT2D eigenvalue weighted by Crippen LogP contribution is -2.06. The number of nitrogens with two attached hydrogens (primary N) is 1. The van der Waals surface area contributed by atoms with Crippen LogP contribution in [0.2, 0.25) is 0 Å². The van der Waals surface area contributed by atoms with E-state index >= 15 is 0 Å². The Labute approximate surface area is 111 Å². The Morgan fingerprint density at radius 1 is 1.05 bits per heavy atom. The van der Waals surface area contributed by atoms with Crippen LogP contribution in [0.15, 0.2) is 36.7 Å². The van der Waals surface area contributed by atoms with Gasteiger partial charge in [0.1, 0.15) is 5.82 Å². The molecule has 0 aliphatic rings. The van der Waals surface area contributed by atoms with Crippen molar-refractivity contribution in [2.45, 2.75) is 6.18 Å². The fourth-order valence-corrected chi connectivity index (χ4v) is 2.02. The summed E-state index contributed by atoms with van der Waals surface area (Å²) >= 11 is 0. The molecule has 0 atom stereocenters. The average Bonchev–Trinajstić information content (AvgIpc) is 2.85. The van der Waals surface area contributed by atoms with Gasteiger partial charge in [-0.25, -0.2) is 4.98 Å². The summed E-state index contributed by atoms with van der Waals surface area (Å²) in [6.45, 7) is 0. The molecule has 0 aliphatic carbocycles. The minimum atomic E-state index is -4.46. The van der Waals surface area contributed by atoms with E-state index in [0.717, 1.165) is 6.07 Å². The van der Waals surface area contributed by atoms with Crippen molar-refractivity contribution < 1.29 is 13.2 Å². The van der Waals surface area contributed by atoms with Crippen LogP contribution in [0.25, 0.3) is 22.0 Å². The van der Waals surface area contributed by atoms with Crippen molar-refractivity contribution in [2.75, 3.05) is 5.73 Å². The molecule has 0 aliphatic heterocycles. The molecule has 3 N–H and O–H groups in total. The fraction of sp³-hybridized carbons (Fsp3) is 0.0769. The molecule has 1 aromatic carbocycles. The second-order valence-corrected chi connectivity index (χ2v) is 4.33. The van der Waals surface area contributed by atoms with E-state index in [9.17, 15) is 13.2 Å². The van der Waals surface area contributed by atoms with Gasteiger partial charge in [-0.1, -0.05) is 0 Å². The van der Waals surface area contributed by atoms with Crippen molar-refractivity contribution >= 4 is 16.7 Å². The van der Waals surface area contributed by atoms with E-state index in [2.05, 4.69) is 15.2 Å². The number of benzene rings is 1. The molecule has 20 heavy (non-hydrogen) atoms. The lowest BCUT2D eigenvalue weighted by molar-refractivity contribution is -0.136. The normalized spacial score (nSPS) is 11.9. The number of aromatic amines is 1. The van der Waals surface area contributed by atoms with Gasteiger partial charge in [-0.2, -0.15) is 18.3 Å². The van der Waals surface area contributed by atoms with Crippen molar-refractivity contribution in [2.24, 2.45) is 0 Å². The summed E-state index contributed by atoms with van der Waals surface area (Å²) in [5.74, 6) is 0.314. The van der Waals surface area contributed by atoms with Crippen LogP contribution in [0.3, 0.4) is 0 Å². The van der Waals surface area contributed by atoms with Crippen LogP contribution in [-0.4, -0.2) is 15.2 Å². The SMILES string of the molecule is Nc1ccc(-c2cc(C(F)(F)F)c3[nH]ncc3c2)cn1. The molecule has 0 saturated carbocycles.